The SMILES string of the molecule is Nc1c(O)ccc2c1S(O)(O)N=C(c1c(O)c3ccccc3n(NCC3CC3)c1=O)N2. The fourth-order valence-corrected chi connectivity index (χ4v) is 4.95. The number of phenolic OH excluding ortho intramolecular Hbond substituents is 1. The molecule has 0 atom stereocenters. The summed E-state index contributed by atoms with van der Waals surface area (Å²) in [4.78, 5) is 13.2. The van der Waals surface area contributed by atoms with Crippen molar-refractivity contribution in [2.75, 3.05) is 23.0 Å². The summed E-state index contributed by atoms with van der Waals surface area (Å²) in [5, 5.41) is 24.0. The summed E-state index contributed by atoms with van der Waals surface area (Å²) in [5.41, 5.74) is 8.57. The first-order chi connectivity index (χ1) is 14.8. The molecule has 2 heterocycles. The van der Waals surface area contributed by atoms with Gasteiger partial charge in [0, 0.05) is 11.9 Å². The minimum atomic E-state index is -3.85. The molecule has 1 aliphatic heterocycles. The molecule has 31 heavy (non-hydrogen) atoms. The summed E-state index contributed by atoms with van der Waals surface area (Å²) in [5.74, 6) is -0.364. The zero-order valence-electron chi connectivity index (χ0n) is 16.2. The van der Waals surface area contributed by atoms with Crippen molar-refractivity contribution in [3.05, 3.63) is 52.3 Å². The van der Waals surface area contributed by atoms with Crippen molar-refractivity contribution in [2.45, 2.75) is 17.7 Å². The number of nitrogens with zero attached hydrogens (tertiary/aromatic N) is 2. The molecule has 1 fully saturated rings. The largest absolute Gasteiger partial charge is 0.506 e. The average molecular weight is 443 g/mol. The van der Waals surface area contributed by atoms with E-state index in [1.54, 1.807) is 24.3 Å². The highest BCUT2D eigenvalue weighted by Crippen LogP contribution is 2.59. The highest BCUT2D eigenvalue weighted by Gasteiger charge is 2.33. The van der Waals surface area contributed by atoms with Crippen LogP contribution in [-0.4, -0.2) is 36.4 Å². The summed E-state index contributed by atoms with van der Waals surface area (Å²) in [7, 11) is -3.85. The quantitative estimate of drug-likeness (QED) is 0.184. The second-order valence-corrected chi connectivity index (χ2v) is 9.27. The van der Waals surface area contributed by atoms with Crippen LogP contribution in [0.1, 0.15) is 18.4 Å². The molecule has 0 spiro atoms. The number of benzene rings is 2. The molecule has 1 saturated carbocycles. The highest BCUT2D eigenvalue weighted by molar-refractivity contribution is 8.23. The van der Waals surface area contributed by atoms with E-state index in [0.29, 0.717) is 23.4 Å². The zero-order chi connectivity index (χ0) is 21.9. The maximum atomic E-state index is 13.4. The average Bonchev–Trinajstić information content (AvgIpc) is 3.54. The number of para-hydroxylation sites is 1. The number of aromatic hydroxyl groups is 2. The van der Waals surface area contributed by atoms with Crippen LogP contribution in [0.25, 0.3) is 10.9 Å². The van der Waals surface area contributed by atoms with Crippen LogP contribution in [0.4, 0.5) is 11.4 Å². The topological polar surface area (TPSA) is 165 Å². The minimum Gasteiger partial charge on any atom is -0.506 e. The van der Waals surface area contributed by atoms with E-state index in [1.165, 1.54) is 16.8 Å². The van der Waals surface area contributed by atoms with Gasteiger partial charge in [0.05, 0.1) is 11.2 Å². The van der Waals surface area contributed by atoms with E-state index in [-0.39, 0.29) is 39.2 Å². The van der Waals surface area contributed by atoms with E-state index in [0.717, 1.165) is 12.8 Å². The van der Waals surface area contributed by atoms with E-state index >= 15 is 0 Å². The first-order valence-electron chi connectivity index (χ1n) is 9.65. The van der Waals surface area contributed by atoms with E-state index in [2.05, 4.69) is 15.1 Å². The maximum Gasteiger partial charge on any atom is 0.284 e. The second-order valence-electron chi connectivity index (χ2n) is 7.65. The van der Waals surface area contributed by atoms with Crippen molar-refractivity contribution in [3.63, 3.8) is 0 Å². The van der Waals surface area contributed by atoms with Gasteiger partial charge in [-0.3, -0.25) is 13.9 Å². The van der Waals surface area contributed by atoms with Crippen molar-refractivity contribution in [3.8, 4) is 11.5 Å². The van der Waals surface area contributed by atoms with Crippen LogP contribution in [0.3, 0.4) is 0 Å². The predicted octanol–water partition coefficient (Wildman–Crippen LogP) is 2.85. The van der Waals surface area contributed by atoms with Gasteiger partial charge in [-0.2, -0.15) is 0 Å². The standard InChI is InChI=1S/C20H21N5O5S/c21-16-14(26)8-7-12-18(16)31(29,30)24-19(23-12)15-17(27)11-3-1-2-4-13(11)25(20(15)28)22-9-10-5-6-10/h1-4,7-8,10,22,26-27,29-30H,5-6,9,21H2,(H,23,24). The molecular formula is C20H21N5O5S. The number of anilines is 2. The Kier molecular flexibility index (Phi) is 4.29. The lowest BCUT2D eigenvalue weighted by Crippen LogP contribution is -2.36. The number of amidine groups is 1. The molecule has 5 rings (SSSR count). The second kappa shape index (κ2) is 6.80. The number of hydrogen-bond donors (Lipinski definition) is 7. The number of pyridine rings is 1. The number of nitrogens with one attached hydrogen (secondary N) is 2. The number of nitrogen functional groups attached to an aromatic ring is 1. The smallest absolute Gasteiger partial charge is 0.284 e. The monoisotopic (exact) mass is 443 g/mol. The molecule has 2 aromatic carbocycles. The third-order valence-electron chi connectivity index (χ3n) is 5.44. The molecule has 1 aliphatic carbocycles. The molecule has 162 valence electrons. The van der Waals surface area contributed by atoms with Crippen molar-refractivity contribution in [1.82, 2.24) is 4.68 Å². The number of phenols is 1. The van der Waals surface area contributed by atoms with E-state index < -0.39 is 16.3 Å². The predicted molar refractivity (Wildman–Crippen MR) is 121 cm³/mol. The van der Waals surface area contributed by atoms with Crippen LogP contribution < -0.4 is 22.0 Å². The van der Waals surface area contributed by atoms with E-state index in [4.69, 9.17) is 5.73 Å². The summed E-state index contributed by atoms with van der Waals surface area (Å²) >= 11 is 0. The van der Waals surface area contributed by atoms with Gasteiger partial charge in [0.25, 0.3) is 5.56 Å². The summed E-state index contributed by atoms with van der Waals surface area (Å²) in [6.45, 7) is 0.599. The molecule has 0 unspecified atom stereocenters. The Bertz CT molecular complexity index is 1320. The van der Waals surface area contributed by atoms with E-state index in [9.17, 15) is 24.1 Å². The third kappa shape index (κ3) is 3.14. The first kappa shape index (κ1) is 19.5. The lowest BCUT2D eigenvalue weighted by molar-refractivity contribution is 0.470. The molecule has 10 nitrogen and oxygen atoms in total. The zero-order valence-corrected chi connectivity index (χ0v) is 17.1. The molecular weight excluding hydrogens is 422 g/mol. The van der Waals surface area contributed by atoms with Crippen LogP contribution in [0.2, 0.25) is 0 Å². The molecule has 1 aromatic heterocycles. The summed E-state index contributed by atoms with van der Waals surface area (Å²) in [6, 6.07) is 9.54. The lowest BCUT2D eigenvalue weighted by Gasteiger charge is -2.35. The number of nitrogens with two attached hydrogens (primary N) is 1. The van der Waals surface area contributed by atoms with Crippen LogP contribution >= 0.6 is 10.8 Å². The van der Waals surface area contributed by atoms with Crippen LogP contribution in [0.15, 0.2) is 50.5 Å². The van der Waals surface area contributed by atoms with Gasteiger partial charge in [0.15, 0.2) is 5.84 Å². The Morgan fingerprint density at radius 1 is 1.19 bits per heavy atom. The van der Waals surface area contributed by atoms with Gasteiger partial charge in [-0.25, -0.2) is 4.68 Å². The Morgan fingerprint density at radius 2 is 1.94 bits per heavy atom. The van der Waals surface area contributed by atoms with Crippen LogP contribution in [0.5, 0.6) is 11.5 Å². The molecule has 0 amide bonds. The summed E-state index contributed by atoms with van der Waals surface area (Å²) < 4.78 is 26.5. The van der Waals surface area contributed by atoms with Crippen molar-refractivity contribution < 1.29 is 19.3 Å². The van der Waals surface area contributed by atoms with Gasteiger partial charge < -0.3 is 26.7 Å². The van der Waals surface area contributed by atoms with E-state index in [1.807, 2.05) is 0 Å². The summed E-state index contributed by atoms with van der Waals surface area (Å²) in [6.07, 6.45) is 2.18. The number of rotatable bonds is 4. The van der Waals surface area contributed by atoms with Crippen molar-refractivity contribution >= 4 is 38.9 Å². The van der Waals surface area contributed by atoms with Gasteiger partial charge in [-0.05, 0) is 43.0 Å². The molecule has 11 heteroatoms. The lowest BCUT2D eigenvalue weighted by atomic mass is 10.1. The third-order valence-corrected chi connectivity index (χ3v) is 6.87. The van der Waals surface area contributed by atoms with Crippen LogP contribution in [-0.2, 0) is 0 Å². The van der Waals surface area contributed by atoms with Gasteiger partial charge in [-0.15, -0.1) is 4.40 Å². The van der Waals surface area contributed by atoms with Crippen molar-refractivity contribution in [1.29, 1.82) is 0 Å². The molecule has 3 aromatic rings. The number of fused-ring (bicyclic) bond motifs is 2. The molecule has 8 N–H and O–H groups in total. The maximum absolute atomic E-state index is 13.4. The normalized spacial score (nSPS) is 18.1. The molecule has 2 aliphatic rings. The highest BCUT2D eigenvalue weighted by atomic mass is 32.3. The van der Waals surface area contributed by atoms with Gasteiger partial charge >= 0.3 is 0 Å². The van der Waals surface area contributed by atoms with Gasteiger partial charge in [-0.1, -0.05) is 22.9 Å². The van der Waals surface area contributed by atoms with Gasteiger partial charge in [0.2, 0.25) is 0 Å². The Morgan fingerprint density at radius 3 is 2.68 bits per heavy atom. The number of aromatic nitrogens is 1. The number of hydrogen-bond acceptors (Lipinski definition) is 9. The minimum absolute atomic E-state index is 0.163. The fourth-order valence-electron chi connectivity index (χ4n) is 3.65. The fraction of sp³-hybridized carbons (Fsp3) is 0.200. The Hall–Kier alpha value is -3.41. The first-order valence-corrected chi connectivity index (χ1v) is 11.2. The van der Waals surface area contributed by atoms with Gasteiger partial charge in [0.1, 0.15) is 27.6 Å². The molecule has 0 bridgehead atoms. The Balaban J connectivity index is 1.71. The molecule has 0 saturated heterocycles. The van der Waals surface area contributed by atoms with Crippen molar-refractivity contribution in [2.24, 2.45) is 10.3 Å². The Labute approximate surface area is 178 Å². The molecule has 0 radical (unpaired) electrons. The van der Waals surface area contributed by atoms with Crippen LogP contribution in [0, 0.1) is 5.92 Å².